The van der Waals surface area contributed by atoms with Gasteiger partial charge < -0.3 is 10.4 Å². The fraction of sp³-hybridized carbons (Fsp3) is 0.692. The second kappa shape index (κ2) is 7.62. The lowest BCUT2D eigenvalue weighted by molar-refractivity contribution is -0.143. The van der Waals surface area contributed by atoms with Crippen LogP contribution in [-0.2, 0) is 19.2 Å². The Hall–Kier alpha value is -1.92. The van der Waals surface area contributed by atoms with Crippen molar-refractivity contribution in [2.45, 2.75) is 51.5 Å². The summed E-state index contributed by atoms with van der Waals surface area (Å²) in [7, 11) is 0. The van der Waals surface area contributed by atoms with E-state index in [-0.39, 0.29) is 37.6 Å². The summed E-state index contributed by atoms with van der Waals surface area (Å²) in [5.41, 5.74) is 0. The van der Waals surface area contributed by atoms with Crippen LogP contribution in [0, 0.1) is 0 Å². The van der Waals surface area contributed by atoms with E-state index in [0.717, 1.165) is 11.3 Å². The summed E-state index contributed by atoms with van der Waals surface area (Å²) in [5, 5.41) is 11.4. The predicted molar refractivity (Wildman–Crippen MR) is 69.7 cm³/mol. The molecule has 1 fully saturated rings. The number of amides is 3. The van der Waals surface area contributed by atoms with Gasteiger partial charge in [-0.15, -0.1) is 0 Å². The van der Waals surface area contributed by atoms with Gasteiger partial charge in [0.2, 0.25) is 17.7 Å². The number of carbonyl (C=O) groups excluding carboxylic acids is 3. The number of rotatable bonds is 8. The number of nitrogens with one attached hydrogen (secondary N) is 1. The van der Waals surface area contributed by atoms with Crippen molar-refractivity contribution >= 4 is 23.7 Å². The summed E-state index contributed by atoms with van der Waals surface area (Å²) < 4.78 is 0. The maximum atomic E-state index is 11.7. The van der Waals surface area contributed by atoms with Crippen molar-refractivity contribution in [1.82, 2.24) is 10.2 Å². The van der Waals surface area contributed by atoms with Gasteiger partial charge in [-0.25, -0.2) is 4.79 Å². The first-order valence-electron chi connectivity index (χ1n) is 6.81. The molecule has 0 aromatic rings. The largest absolute Gasteiger partial charge is 0.480 e. The van der Waals surface area contributed by atoms with Gasteiger partial charge in [-0.05, 0) is 6.42 Å². The second-order valence-electron chi connectivity index (χ2n) is 4.79. The predicted octanol–water partition coefficient (Wildman–Crippen LogP) is 0.285. The van der Waals surface area contributed by atoms with Crippen LogP contribution >= 0.6 is 0 Å². The van der Waals surface area contributed by atoms with E-state index >= 15 is 0 Å². The van der Waals surface area contributed by atoms with Crippen LogP contribution in [0.3, 0.4) is 0 Å². The van der Waals surface area contributed by atoms with Gasteiger partial charge in [0.25, 0.3) is 0 Å². The third-order valence-corrected chi connectivity index (χ3v) is 3.20. The Labute approximate surface area is 117 Å². The maximum Gasteiger partial charge on any atom is 0.326 e. The van der Waals surface area contributed by atoms with Gasteiger partial charge in [0.1, 0.15) is 6.04 Å². The molecule has 2 N–H and O–H groups in total. The number of nitrogens with zero attached hydrogens (tertiary/aromatic N) is 1. The van der Waals surface area contributed by atoms with Gasteiger partial charge in [-0.2, -0.15) is 0 Å². The van der Waals surface area contributed by atoms with Gasteiger partial charge in [-0.1, -0.05) is 19.8 Å². The Balaban J connectivity index is 2.39. The van der Waals surface area contributed by atoms with Crippen molar-refractivity contribution in [2.24, 2.45) is 0 Å². The van der Waals surface area contributed by atoms with Gasteiger partial charge in [0, 0.05) is 25.8 Å². The number of hydrogen-bond donors (Lipinski definition) is 2. The highest BCUT2D eigenvalue weighted by Crippen LogP contribution is 2.11. The van der Waals surface area contributed by atoms with Gasteiger partial charge in [-0.3, -0.25) is 19.3 Å². The molecule has 112 valence electrons. The molecule has 1 atom stereocenters. The lowest BCUT2D eigenvalue weighted by Gasteiger charge is -2.16. The van der Waals surface area contributed by atoms with E-state index < -0.39 is 17.9 Å². The Morgan fingerprint density at radius 2 is 1.90 bits per heavy atom. The Morgan fingerprint density at radius 1 is 1.30 bits per heavy atom. The van der Waals surface area contributed by atoms with Gasteiger partial charge in [0.15, 0.2) is 0 Å². The van der Waals surface area contributed by atoms with Crippen molar-refractivity contribution in [1.29, 1.82) is 0 Å². The highest BCUT2D eigenvalue weighted by atomic mass is 16.4. The summed E-state index contributed by atoms with van der Waals surface area (Å²) >= 11 is 0. The molecule has 0 aliphatic carbocycles. The third kappa shape index (κ3) is 4.64. The van der Waals surface area contributed by atoms with E-state index in [0.29, 0.717) is 12.8 Å². The minimum atomic E-state index is -1.07. The summed E-state index contributed by atoms with van der Waals surface area (Å²) in [6.07, 6.45) is 2.24. The molecule has 1 rings (SSSR count). The van der Waals surface area contributed by atoms with Gasteiger partial charge >= 0.3 is 5.97 Å². The minimum absolute atomic E-state index is 0.0175. The molecule has 20 heavy (non-hydrogen) atoms. The fourth-order valence-corrected chi connectivity index (χ4v) is 2.02. The van der Waals surface area contributed by atoms with Crippen LogP contribution in [0.5, 0.6) is 0 Å². The number of carboxylic acid groups (broad SMARTS) is 1. The molecule has 3 amide bonds. The normalized spacial score (nSPS) is 16.4. The molecule has 1 aliphatic heterocycles. The molecule has 1 heterocycles. The molecule has 0 radical (unpaired) electrons. The van der Waals surface area contributed by atoms with E-state index in [4.69, 9.17) is 5.11 Å². The van der Waals surface area contributed by atoms with Crippen LogP contribution in [0.15, 0.2) is 0 Å². The number of unbranched alkanes of at least 4 members (excludes halogenated alkanes) is 1. The number of carbonyl (C=O) groups is 4. The van der Waals surface area contributed by atoms with Crippen molar-refractivity contribution in [2.75, 3.05) is 6.54 Å². The standard InChI is InChI=1S/C13H20N2O5/c1-2-3-4-9(13(19)20)14-10(16)7-8-15-11(17)5-6-12(15)18/h9H,2-8H2,1H3,(H,14,16)(H,19,20). The Kier molecular flexibility index (Phi) is 6.14. The summed E-state index contributed by atoms with van der Waals surface area (Å²) in [6, 6.07) is -0.910. The monoisotopic (exact) mass is 284 g/mol. The molecule has 0 aromatic heterocycles. The van der Waals surface area contributed by atoms with Crippen LogP contribution < -0.4 is 5.32 Å². The zero-order valence-electron chi connectivity index (χ0n) is 11.6. The van der Waals surface area contributed by atoms with E-state index in [1.165, 1.54) is 0 Å². The van der Waals surface area contributed by atoms with E-state index in [2.05, 4.69) is 5.32 Å². The third-order valence-electron chi connectivity index (χ3n) is 3.20. The smallest absolute Gasteiger partial charge is 0.326 e. The first-order chi connectivity index (χ1) is 9.45. The number of carboxylic acids is 1. The van der Waals surface area contributed by atoms with Crippen molar-refractivity contribution in [3.63, 3.8) is 0 Å². The fourth-order valence-electron chi connectivity index (χ4n) is 2.02. The molecule has 1 aliphatic rings. The molecular formula is C13H20N2O5. The van der Waals surface area contributed by atoms with Crippen LogP contribution in [0.4, 0.5) is 0 Å². The number of imide groups is 1. The Bertz CT molecular complexity index is 392. The molecule has 0 saturated carbocycles. The van der Waals surface area contributed by atoms with E-state index in [1.807, 2.05) is 6.92 Å². The molecule has 1 unspecified atom stereocenters. The molecular weight excluding hydrogens is 264 g/mol. The zero-order valence-corrected chi connectivity index (χ0v) is 11.6. The number of hydrogen-bond acceptors (Lipinski definition) is 4. The summed E-state index contributed by atoms with van der Waals surface area (Å²) in [5.74, 6) is -2.08. The molecule has 7 nitrogen and oxygen atoms in total. The first kappa shape index (κ1) is 16.1. The number of aliphatic carboxylic acids is 1. The van der Waals surface area contributed by atoms with Crippen LogP contribution in [0.2, 0.25) is 0 Å². The topological polar surface area (TPSA) is 104 Å². The van der Waals surface area contributed by atoms with E-state index in [1.54, 1.807) is 0 Å². The van der Waals surface area contributed by atoms with Crippen molar-refractivity contribution < 1.29 is 24.3 Å². The van der Waals surface area contributed by atoms with Crippen LogP contribution in [-0.4, -0.2) is 46.3 Å². The van der Waals surface area contributed by atoms with Crippen molar-refractivity contribution in [3.8, 4) is 0 Å². The summed E-state index contributed by atoms with van der Waals surface area (Å²) in [6.45, 7) is 1.95. The summed E-state index contributed by atoms with van der Waals surface area (Å²) in [4.78, 5) is 46.4. The highest BCUT2D eigenvalue weighted by molar-refractivity contribution is 6.02. The number of likely N-dealkylation sites (tertiary alicyclic amines) is 1. The van der Waals surface area contributed by atoms with Crippen LogP contribution in [0.25, 0.3) is 0 Å². The molecule has 1 saturated heterocycles. The SMILES string of the molecule is CCCCC(NC(=O)CCN1C(=O)CCC1=O)C(=O)O. The zero-order chi connectivity index (χ0) is 15.1. The molecule has 0 bridgehead atoms. The average Bonchev–Trinajstić information content (AvgIpc) is 2.71. The van der Waals surface area contributed by atoms with Crippen LogP contribution in [0.1, 0.15) is 45.4 Å². The lowest BCUT2D eigenvalue weighted by atomic mass is 10.1. The quantitative estimate of drug-likeness (QED) is 0.623. The molecule has 0 spiro atoms. The first-order valence-corrected chi connectivity index (χ1v) is 6.81. The second-order valence-corrected chi connectivity index (χ2v) is 4.79. The Morgan fingerprint density at radius 3 is 2.40 bits per heavy atom. The lowest BCUT2D eigenvalue weighted by Crippen LogP contribution is -2.42. The van der Waals surface area contributed by atoms with E-state index in [9.17, 15) is 19.2 Å². The average molecular weight is 284 g/mol. The molecule has 7 heteroatoms. The highest BCUT2D eigenvalue weighted by Gasteiger charge is 2.29. The maximum absolute atomic E-state index is 11.7. The van der Waals surface area contributed by atoms with Crippen molar-refractivity contribution in [3.05, 3.63) is 0 Å². The minimum Gasteiger partial charge on any atom is -0.480 e. The van der Waals surface area contributed by atoms with Gasteiger partial charge in [0.05, 0.1) is 0 Å². The molecule has 0 aromatic carbocycles.